The summed E-state index contributed by atoms with van der Waals surface area (Å²) in [6, 6.07) is 0.440. The van der Waals surface area contributed by atoms with E-state index in [-0.39, 0.29) is 5.56 Å². The van der Waals surface area contributed by atoms with Gasteiger partial charge in [0.1, 0.15) is 5.82 Å². The highest BCUT2D eigenvalue weighted by Crippen LogP contribution is 2.43. The van der Waals surface area contributed by atoms with Gasteiger partial charge in [-0.3, -0.25) is 0 Å². The molecule has 0 bridgehead atoms. The molecular weight excluding hydrogens is 250 g/mol. The molecule has 7 heteroatoms. The lowest BCUT2D eigenvalue weighted by Gasteiger charge is -2.32. The molecule has 3 heterocycles. The first kappa shape index (κ1) is 11.7. The third kappa shape index (κ3) is 1.65. The average Bonchev–Trinajstić information content (AvgIpc) is 2.63. The molecule has 0 amide bonds. The van der Waals surface area contributed by atoms with E-state index in [9.17, 15) is 17.6 Å². The van der Waals surface area contributed by atoms with Gasteiger partial charge in [0.2, 0.25) is 0 Å². The lowest BCUT2D eigenvalue weighted by Crippen LogP contribution is -2.50. The number of hydrogen-bond acceptors (Lipinski definition) is 3. The van der Waals surface area contributed by atoms with Crippen molar-refractivity contribution in [2.45, 2.75) is 18.4 Å². The minimum absolute atomic E-state index is 0.0542. The summed E-state index contributed by atoms with van der Waals surface area (Å²) in [6.07, 6.45) is -5.12. The Labute approximate surface area is 101 Å². The lowest BCUT2D eigenvalue weighted by molar-refractivity contribution is -0.137. The van der Waals surface area contributed by atoms with E-state index < -0.39 is 24.0 Å². The van der Waals surface area contributed by atoms with Crippen LogP contribution in [0, 0.1) is 0 Å². The standard InChI is InChI=1S/C11H11F4N3/c12-9-7-3-6(11(13,14)15)4-17-10(7)18-2-1-16-5-8(9)18/h3-4,8-9,16H,1-2,5H2/t8-,9+/m1/s1. The molecule has 0 unspecified atom stereocenters. The van der Waals surface area contributed by atoms with Crippen LogP contribution in [0.1, 0.15) is 17.3 Å². The molecule has 0 saturated carbocycles. The van der Waals surface area contributed by atoms with Crippen molar-refractivity contribution >= 4 is 5.82 Å². The second-order valence-corrected chi connectivity index (χ2v) is 4.50. The van der Waals surface area contributed by atoms with Crippen LogP contribution in [0.3, 0.4) is 0 Å². The van der Waals surface area contributed by atoms with Gasteiger partial charge < -0.3 is 10.2 Å². The molecule has 3 rings (SSSR count). The fourth-order valence-corrected chi connectivity index (χ4v) is 2.53. The molecule has 1 N–H and O–H groups in total. The van der Waals surface area contributed by atoms with Crippen molar-refractivity contribution in [1.82, 2.24) is 10.3 Å². The van der Waals surface area contributed by atoms with E-state index in [1.54, 1.807) is 4.90 Å². The maximum Gasteiger partial charge on any atom is 0.417 e. The molecule has 0 radical (unpaired) electrons. The van der Waals surface area contributed by atoms with Gasteiger partial charge in [-0.1, -0.05) is 0 Å². The zero-order valence-electron chi connectivity index (χ0n) is 9.34. The average molecular weight is 261 g/mol. The molecule has 2 aliphatic heterocycles. The lowest BCUT2D eigenvalue weighted by atomic mass is 10.1. The number of anilines is 1. The molecule has 0 aromatic carbocycles. The monoisotopic (exact) mass is 261 g/mol. The number of piperazine rings is 1. The van der Waals surface area contributed by atoms with Crippen LogP contribution in [-0.4, -0.2) is 30.7 Å². The highest BCUT2D eigenvalue weighted by atomic mass is 19.4. The Morgan fingerprint density at radius 3 is 2.89 bits per heavy atom. The summed E-state index contributed by atoms with van der Waals surface area (Å²) >= 11 is 0. The summed E-state index contributed by atoms with van der Waals surface area (Å²) in [5.41, 5.74) is -0.838. The molecule has 98 valence electrons. The number of rotatable bonds is 0. The van der Waals surface area contributed by atoms with E-state index in [2.05, 4.69) is 10.3 Å². The summed E-state index contributed by atoms with van der Waals surface area (Å²) in [5.74, 6) is 0.349. The van der Waals surface area contributed by atoms with Crippen LogP contribution >= 0.6 is 0 Å². The van der Waals surface area contributed by atoms with Crippen molar-refractivity contribution in [2.24, 2.45) is 0 Å². The number of nitrogens with one attached hydrogen (secondary N) is 1. The van der Waals surface area contributed by atoms with Crippen molar-refractivity contribution in [3.8, 4) is 0 Å². The fourth-order valence-electron chi connectivity index (χ4n) is 2.53. The first-order valence-corrected chi connectivity index (χ1v) is 5.67. The molecule has 2 aliphatic rings. The number of halogens is 4. The van der Waals surface area contributed by atoms with Crippen molar-refractivity contribution < 1.29 is 17.6 Å². The highest BCUT2D eigenvalue weighted by Gasteiger charge is 2.43. The molecule has 1 saturated heterocycles. The second kappa shape index (κ2) is 3.81. The van der Waals surface area contributed by atoms with Gasteiger partial charge in [0, 0.05) is 31.4 Å². The summed E-state index contributed by atoms with van der Waals surface area (Å²) in [5, 5.41) is 3.03. The van der Waals surface area contributed by atoms with Gasteiger partial charge in [0.25, 0.3) is 0 Å². The van der Waals surface area contributed by atoms with Gasteiger partial charge in [-0.25, -0.2) is 9.37 Å². The SMILES string of the molecule is F[C@H]1c2cc(C(F)(F)F)cnc2N2CCNC[C@H]12. The van der Waals surface area contributed by atoms with Crippen LogP contribution < -0.4 is 10.2 Å². The number of fused-ring (bicyclic) bond motifs is 3. The van der Waals surface area contributed by atoms with Crippen LogP contribution in [0.5, 0.6) is 0 Å². The zero-order valence-corrected chi connectivity index (χ0v) is 9.34. The Morgan fingerprint density at radius 1 is 1.39 bits per heavy atom. The maximum absolute atomic E-state index is 14.1. The summed E-state index contributed by atoms with van der Waals surface area (Å²) in [4.78, 5) is 5.55. The molecule has 18 heavy (non-hydrogen) atoms. The summed E-state index contributed by atoms with van der Waals surface area (Å²) in [6.45, 7) is 1.68. The molecule has 0 spiro atoms. The number of hydrogen-bond donors (Lipinski definition) is 1. The van der Waals surface area contributed by atoms with Crippen molar-refractivity contribution in [1.29, 1.82) is 0 Å². The maximum atomic E-state index is 14.1. The van der Waals surface area contributed by atoms with Gasteiger partial charge in [-0.05, 0) is 6.07 Å². The van der Waals surface area contributed by atoms with Gasteiger partial charge in [-0.2, -0.15) is 13.2 Å². The molecule has 2 atom stereocenters. The predicted molar refractivity (Wildman–Crippen MR) is 57.1 cm³/mol. The van der Waals surface area contributed by atoms with E-state index in [1.165, 1.54) is 0 Å². The smallest absolute Gasteiger partial charge is 0.347 e. The third-order valence-corrected chi connectivity index (χ3v) is 3.41. The highest BCUT2D eigenvalue weighted by molar-refractivity contribution is 5.57. The Bertz CT molecular complexity index is 474. The van der Waals surface area contributed by atoms with Gasteiger partial charge in [0.15, 0.2) is 6.17 Å². The molecule has 0 aliphatic carbocycles. The van der Waals surface area contributed by atoms with Crippen molar-refractivity contribution in [3.63, 3.8) is 0 Å². The molecular formula is C11H11F4N3. The number of pyridine rings is 1. The zero-order chi connectivity index (χ0) is 12.9. The van der Waals surface area contributed by atoms with E-state index in [4.69, 9.17) is 0 Å². The van der Waals surface area contributed by atoms with Crippen LogP contribution in [-0.2, 0) is 6.18 Å². The van der Waals surface area contributed by atoms with E-state index in [0.717, 1.165) is 12.3 Å². The van der Waals surface area contributed by atoms with Crippen molar-refractivity contribution in [3.05, 3.63) is 23.4 Å². The molecule has 3 nitrogen and oxygen atoms in total. The number of nitrogens with zero attached hydrogens (tertiary/aromatic N) is 2. The van der Waals surface area contributed by atoms with E-state index in [1.807, 2.05) is 0 Å². The topological polar surface area (TPSA) is 28.2 Å². The quantitative estimate of drug-likeness (QED) is 0.723. The van der Waals surface area contributed by atoms with Crippen molar-refractivity contribution in [2.75, 3.05) is 24.5 Å². The minimum Gasteiger partial charge on any atom is -0.347 e. The minimum atomic E-state index is -4.48. The van der Waals surface area contributed by atoms with Gasteiger partial charge >= 0.3 is 6.18 Å². The normalized spacial score (nSPS) is 27.0. The Hall–Kier alpha value is -1.37. The second-order valence-electron chi connectivity index (χ2n) is 4.50. The fraction of sp³-hybridized carbons (Fsp3) is 0.545. The molecule has 1 aromatic heterocycles. The van der Waals surface area contributed by atoms with Gasteiger partial charge in [-0.15, -0.1) is 0 Å². The summed E-state index contributed by atoms with van der Waals surface area (Å²) in [7, 11) is 0. The van der Waals surface area contributed by atoms with Gasteiger partial charge in [0.05, 0.1) is 11.6 Å². The largest absolute Gasteiger partial charge is 0.417 e. The molecule has 1 aromatic rings. The molecule has 1 fully saturated rings. The number of aromatic nitrogens is 1. The van der Waals surface area contributed by atoms with Crippen LogP contribution in [0.2, 0.25) is 0 Å². The number of alkyl halides is 4. The Morgan fingerprint density at radius 2 is 2.17 bits per heavy atom. The van der Waals surface area contributed by atoms with E-state index in [0.29, 0.717) is 25.5 Å². The first-order chi connectivity index (χ1) is 8.48. The summed E-state index contributed by atoms with van der Waals surface area (Å²) < 4.78 is 51.8. The van der Waals surface area contributed by atoms with E-state index >= 15 is 0 Å². The Balaban J connectivity index is 2.03. The van der Waals surface area contributed by atoms with Crippen LogP contribution in [0.15, 0.2) is 12.3 Å². The van der Waals surface area contributed by atoms with Crippen LogP contribution in [0.4, 0.5) is 23.4 Å². The first-order valence-electron chi connectivity index (χ1n) is 5.67. The predicted octanol–water partition coefficient (Wildman–Crippen LogP) is 1.90. The Kier molecular flexibility index (Phi) is 2.48. The van der Waals surface area contributed by atoms with Crippen LogP contribution in [0.25, 0.3) is 0 Å². The third-order valence-electron chi connectivity index (χ3n) is 3.41.